The fraction of sp³-hybridized carbons (Fsp3) is 0.423. The van der Waals surface area contributed by atoms with Crippen molar-refractivity contribution in [1.82, 2.24) is 5.32 Å². The molecule has 0 aliphatic rings. The fourth-order valence-corrected chi connectivity index (χ4v) is 3.80. The predicted molar refractivity (Wildman–Crippen MR) is 121 cm³/mol. The van der Waals surface area contributed by atoms with Gasteiger partial charge in [-0.1, -0.05) is 81.8 Å². The third-order valence-electron chi connectivity index (χ3n) is 5.40. The lowest BCUT2D eigenvalue weighted by atomic mass is 9.98. The molecule has 0 aliphatic heterocycles. The second-order valence-electron chi connectivity index (χ2n) is 7.92. The molecule has 1 amide bonds. The van der Waals surface area contributed by atoms with Gasteiger partial charge in [-0.05, 0) is 43.0 Å². The highest BCUT2D eigenvalue weighted by atomic mass is 16.3. The molecule has 0 spiro atoms. The zero-order valence-electron chi connectivity index (χ0n) is 18.0. The van der Waals surface area contributed by atoms with Gasteiger partial charge in [0, 0.05) is 17.5 Å². The zero-order valence-corrected chi connectivity index (χ0v) is 18.0. The summed E-state index contributed by atoms with van der Waals surface area (Å²) in [4.78, 5) is 12.9. The molecule has 29 heavy (non-hydrogen) atoms. The molecule has 3 heteroatoms. The first-order chi connectivity index (χ1) is 14.1. The summed E-state index contributed by atoms with van der Waals surface area (Å²) >= 11 is 0. The van der Waals surface area contributed by atoms with Crippen molar-refractivity contribution in [1.29, 1.82) is 0 Å². The minimum atomic E-state index is -0.123. The maximum Gasteiger partial charge on any atom is 0.287 e. The smallest absolute Gasteiger partial charge is 0.287 e. The van der Waals surface area contributed by atoms with Gasteiger partial charge in [-0.15, -0.1) is 0 Å². The van der Waals surface area contributed by atoms with E-state index in [1.165, 1.54) is 24.8 Å². The van der Waals surface area contributed by atoms with Crippen molar-refractivity contribution in [2.75, 3.05) is 6.54 Å². The maximum absolute atomic E-state index is 12.9. The minimum absolute atomic E-state index is 0.123. The summed E-state index contributed by atoms with van der Waals surface area (Å²) in [7, 11) is 0. The Balaban J connectivity index is 1.86. The lowest BCUT2D eigenvalue weighted by Crippen LogP contribution is -2.24. The summed E-state index contributed by atoms with van der Waals surface area (Å²) in [6.07, 6.45) is 8.06. The van der Waals surface area contributed by atoms with Crippen LogP contribution in [0.1, 0.15) is 74.1 Å². The van der Waals surface area contributed by atoms with Gasteiger partial charge in [0.05, 0.1) is 0 Å². The summed E-state index contributed by atoms with van der Waals surface area (Å²) in [5.74, 6) is 0.296. The number of rotatable bonds is 10. The Labute approximate surface area is 174 Å². The molecule has 0 fully saturated rings. The number of aryl methyl sites for hydroxylation is 2. The molecule has 2 aromatic carbocycles. The number of nitrogens with one attached hydrogen (secondary N) is 1. The van der Waals surface area contributed by atoms with Gasteiger partial charge in [0.2, 0.25) is 5.76 Å². The molecule has 0 bridgehead atoms. The molecule has 1 N–H and O–H groups in total. The first kappa shape index (κ1) is 21.2. The van der Waals surface area contributed by atoms with Gasteiger partial charge in [0.15, 0.2) is 0 Å². The number of carbonyl (C=O) groups excluding carboxylic acids is 1. The molecule has 1 aromatic heterocycles. The summed E-state index contributed by atoms with van der Waals surface area (Å²) in [5.41, 5.74) is 5.16. The van der Waals surface area contributed by atoms with Crippen LogP contribution in [0, 0.1) is 6.92 Å². The minimum Gasteiger partial charge on any atom is -0.450 e. The van der Waals surface area contributed by atoms with E-state index in [1.807, 2.05) is 12.1 Å². The van der Waals surface area contributed by atoms with Crippen molar-refractivity contribution in [2.45, 2.75) is 65.7 Å². The Morgan fingerprint density at radius 3 is 2.41 bits per heavy atom. The average molecular weight is 392 g/mol. The van der Waals surface area contributed by atoms with E-state index in [4.69, 9.17) is 4.42 Å². The van der Waals surface area contributed by atoms with Gasteiger partial charge in [0.25, 0.3) is 5.91 Å². The molecule has 3 nitrogen and oxygen atoms in total. The lowest BCUT2D eigenvalue weighted by molar-refractivity contribution is 0.0928. The molecule has 0 saturated carbocycles. The molecule has 0 radical (unpaired) electrons. The van der Waals surface area contributed by atoms with Crippen LogP contribution in [0.15, 0.2) is 46.9 Å². The monoisotopic (exact) mass is 391 g/mol. The number of fused-ring (bicyclic) bond motifs is 1. The van der Waals surface area contributed by atoms with Gasteiger partial charge in [-0.25, -0.2) is 0 Å². The largest absolute Gasteiger partial charge is 0.450 e. The van der Waals surface area contributed by atoms with E-state index in [0.717, 1.165) is 53.3 Å². The predicted octanol–water partition coefficient (Wildman–Crippen LogP) is 7.06. The quantitative estimate of drug-likeness (QED) is 0.376. The summed E-state index contributed by atoms with van der Waals surface area (Å²) in [6.45, 7) is 7.15. The molecule has 0 unspecified atom stereocenters. The highest BCUT2D eigenvalue weighted by Crippen LogP contribution is 2.35. The summed E-state index contributed by atoms with van der Waals surface area (Å²) < 4.78 is 6.03. The van der Waals surface area contributed by atoms with Crippen LogP contribution in [0.5, 0.6) is 0 Å². The van der Waals surface area contributed by atoms with E-state index in [1.54, 1.807) is 0 Å². The molecule has 0 atom stereocenters. The Hall–Kier alpha value is -2.55. The first-order valence-corrected chi connectivity index (χ1v) is 11.0. The second kappa shape index (κ2) is 10.3. The first-order valence-electron chi connectivity index (χ1n) is 11.0. The molecule has 1 heterocycles. The van der Waals surface area contributed by atoms with Gasteiger partial charge in [-0.3, -0.25) is 4.79 Å². The SMILES string of the molecule is CCCCCCCNC(=O)c1oc2ccc(C)cc2c1-c1ccc(CCC)cc1. The van der Waals surface area contributed by atoms with Gasteiger partial charge in [-0.2, -0.15) is 0 Å². The maximum atomic E-state index is 12.9. The van der Waals surface area contributed by atoms with E-state index < -0.39 is 0 Å². The number of carbonyl (C=O) groups is 1. The number of hydrogen-bond donors (Lipinski definition) is 1. The molecule has 0 saturated heterocycles. The Kier molecular flexibility index (Phi) is 7.51. The van der Waals surface area contributed by atoms with Crippen LogP contribution >= 0.6 is 0 Å². The zero-order chi connectivity index (χ0) is 20.6. The van der Waals surface area contributed by atoms with E-state index >= 15 is 0 Å². The standard InChI is InChI=1S/C26H33NO2/c1-4-6-7-8-9-17-27-26(28)25-24(21-14-12-20(10-5-2)13-15-21)22-18-19(3)11-16-23(22)29-25/h11-16,18H,4-10,17H2,1-3H3,(H,27,28). The molecule has 0 aliphatic carbocycles. The van der Waals surface area contributed by atoms with Crippen molar-refractivity contribution < 1.29 is 9.21 Å². The van der Waals surface area contributed by atoms with Gasteiger partial charge < -0.3 is 9.73 Å². The Bertz CT molecular complexity index is 937. The van der Waals surface area contributed by atoms with Crippen LogP contribution in [0.2, 0.25) is 0 Å². The third kappa shape index (κ3) is 5.29. The molecule has 3 aromatic rings. The topological polar surface area (TPSA) is 42.2 Å². The summed E-state index contributed by atoms with van der Waals surface area (Å²) in [6, 6.07) is 14.6. The van der Waals surface area contributed by atoms with Gasteiger partial charge in [0.1, 0.15) is 5.58 Å². The number of unbranched alkanes of at least 4 members (excludes halogenated alkanes) is 4. The second-order valence-corrected chi connectivity index (χ2v) is 7.92. The van der Waals surface area contributed by atoms with E-state index in [2.05, 4.69) is 56.4 Å². The molecule has 3 rings (SSSR count). The van der Waals surface area contributed by atoms with Crippen LogP contribution in [-0.4, -0.2) is 12.5 Å². The van der Waals surface area contributed by atoms with Crippen LogP contribution in [0.25, 0.3) is 22.1 Å². The Morgan fingerprint density at radius 2 is 1.69 bits per heavy atom. The number of hydrogen-bond acceptors (Lipinski definition) is 2. The normalized spacial score (nSPS) is 11.1. The third-order valence-corrected chi connectivity index (χ3v) is 5.40. The van der Waals surface area contributed by atoms with Crippen molar-refractivity contribution in [3.8, 4) is 11.1 Å². The number of amides is 1. The number of furan rings is 1. The van der Waals surface area contributed by atoms with Crippen LogP contribution in [0.3, 0.4) is 0 Å². The average Bonchev–Trinajstić information content (AvgIpc) is 3.10. The highest BCUT2D eigenvalue weighted by Gasteiger charge is 2.21. The highest BCUT2D eigenvalue weighted by molar-refractivity contribution is 6.08. The van der Waals surface area contributed by atoms with Crippen LogP contribution in [0.4, 0.5) is 0 Å². The molecule has 154 valence electrons. The van der Waals surface area contributed by atoms with E-state index in [9.17, 15) is 4.79 Å². The van der Waals surface area contributed by atoms with Crippen molar-refractivity contribution in [3.63, 3.8) is 0 Å². The van der Waals surface area contributed by atoms with Crippen LogP contribution < -0.4 is 5.32 Å². The lowest BCUT2D eigenvalue weighted by Gasteiger charge is -2.07. The van der Waals surface area contributed by atoms with Crippen molar-refractivity contribution >= 4 is 16.9 Å². The van der Waals surface area contributed by atoms with Crippen molar-refractivity contribution in [3.05, 3.63) is 59.4 Å². The van der Waals surface area contributed by atoms with Crippen LogP contribution in [-0.2, 0) is 6.42 Å². The van der Waals surface area contributed by atoms with Crippen molar-refractivity contribution in [2.24, 2.45) is 0 Å². The molecular weight excluding hydrogens is 358 g/mol. The fourth-order valence-electron chi connectivity index (χ4n) is 3.80. The Morgan fingerprint density at radius 1 is 0.931 bits per heavy atom. The summed E-state index contributed by atoms with van der Waals surface area (Å²) in [5, 5.41) is 4.06. The van der Waals surface area contributed by atoms with Gasteiger partial charge >= 0.3 is 0 Å². The van der Waals surface area contributed by atoms with E-state index in [-0.39, 0.29) is 5.91 Å². The molecular formula is C26H33NO2. The number of benzene rings is 2. The van der Waals surface area contributed by atoms with E-state index in [0.29, 0.717) is 12.3 Å².